The van der Waals surface area contributed by atoms with Gasteiger partial charge in [0.25, 0.3) is 0 Å². The average Bonchev–Trinajstić information content (AvgIpc) is 2.71. The smallest absolute Gasteiger partial charge is 0.317 e. The highest BCUT2D eigenvalue weighted by molar-refractivity contribution is 7.89. The summed E-state index contributed by atoms with van der Waals surface area (Å²) in [5.74, 6) is -1.84. The number of hydrogen-bond acceptors (Lipinski definition) is 3. The maximum Gasteiger partial charge on any atom is 0.317 e. The number of halogens is 3. The van der Waals surface area contributed by atoms with E-state index >= 15 is 0 Å². The summed E-state index contributed by atoms with van der Waals surface area (Å²) in [6, 6.07) is 9.33. The van der Waals surface area contributed by atoms with E-state index in [1.165, 1.54) is 4.90 Å². The predicted molar refractivity (Wildman–Crippen MR) is 105 cm³/mol. The van der Waals surface area contributed by atoms with Crippen LogP contribution in [-0.2, 0) is 16.4 Å². The average molecular weight is 444 g/mol. The van der Waals surface area contributed by atoms with Gasteiger partial charge in [-0.05, 0) is 42.3 Å². The lowest BCUT2D eigenvalue weighted by molar-refractivity contribution is 0.172. The van der Waals surface area contributed by atoms with Crippen molar-refractivity contribution in [3.8, 4) is 0 Å². The molecule has 2 aromatic rings. The molecular weight excluding hydrogens is 424 g/mol. The Morgan fingerprint density at radius 3 is 2.34 bits per heavy atom. The Labute approximate surface area is 173 Å². The molecule has 0 atom stereocenters. The van der Waals surface area contributed by atoms with Crippen molar-refractivity contribution < 1.29 is 22.0 Å². The van der Waals surface area contributed by atoms with Crippen LogP contribution in [-0.4, -0.2) is 56.4 Å². The molecule has 2 amide bonds. The summed E-state index contributed by atoms with van der Waals surface area (Å²) in [5.41, 5.74) is 1.03. The van der Waals surface area contributed by atoms with Gasteiger partial charge in [-0.3, -0.25) is 0 Å². The topological polar surface area (TPSA) is 69.7 Å². The Kier molecular flexibility index (Phi) is 6.71. The van der Waals surface area contributed by atoms with E-state index in [1.54, 1.807) is 12.1 Å². The van der Waals surface area contributed by atoms with Crippen LogP contribution in [0.15, 0.2) is 47.4 Å². The largest absolute Gasteiger partial charge is 0.338 e. The Morgan fingerprint density at radius 2 is 1.69 bits per heavy atom. The van der Waals surface area contributed by atoms with Gasteiger partial charge in [0.2, 0.25) is 10.0 Å². The van der Waals surface area contributed by atoms with Gasteiger partial charge in [0.15, 0.2) is 0 Å². The fraction of sp³-hybridized carbons (Fsp3) is 0.316. The molecule has 0 bridgehead atoms. The number of piperazine rings is 1. The number of amides is 2. The van der Waals surface area contributed by atoms with Gasteiger partial charge in [0.1, 0.15) is 16.5 Å². The van der Waals surface area contributed by atoms with Crippen molar-refractivity contribution in [2.24, 2.45) is 0 Å². The van der Waals surface area contributed by atoms with Gasteiger partial charge < -0.3 is 10.2 Å². The summed E-state index contributed by atoms with van der Waals surface area (Å²) in [6.45, 7) is 0.741. The minimum Gasteiger partial charge on any atom is -0.338 e. The maximum absolute atomic E-state index is 13.9. The second-order valence-corrected chi connectivity index (χ2v) is 8.92. The Bertz CT molecular complexity index is 979. The molecule has 0 aromatic heterocycles. The zero-order valence-electron chi connectivity index (χ0n) is 15.4. The normalized spacial score (nSPS) is 15.3. The van der Waals surface area contributed by atoms with Crippen LogP contribution in [0.4, 0.5) is 13.6 Å². The van der Waals surface area contributed by atoms with Crippen LogP contribution in [0.25, 0.3) is 0 Å². The summed E-state index contributed by atoms with van der Waals surface area (Å²) in [7, 11) is -4.17. The monoisotopic (exact) mass is 443 g/mol. The number of rotatable bonds is 5. The number of nitrogens with one attached hydrogen (secondary N) is 1. The lowest BCUT2D eigenvalue weighted by Gasteiger charge is -2.34. The van der Waals surface area contributed by atoms with Crippen LogP contribution in [0, 0.1) is 11.6 Å². The first-order valence-electron chi connectivity index (χ1n) is 9.00. The van der Waals surface area contributed by atoms with Crippen LogP contribution in [0.1, 0.15) is 5.56 Å². The molecule has 0 aliphatic carbocycles. The molecule has 1 aliphatic rings. The van der Waals surface area contributed by atoms with Crippen molar-refractivity contribution in [1.82, 2.24) is 14.5 Å². The van der Waals surface area contributed by atoms with Crippen molar-refractivity contribution in [3.05, 3.63) is 64.7 Å². The first-order valence-corrected chi connectivity index (χ1v) is 10.8. The van der Waals surface area contributed by atoms with Crippen LogP contribution >= 0.6 is 11.6 Å². The van der Waals surface area contributed by atoms with Crippen LogP contribution in [0.3, 0.4) is 0 Å². The number of carbonyl (C=O) groups is 1. The summed E-state index contributed by atoms with van der Waals surface area (Å²) < 4.78 is 53.4. The molecule has 1 N–H and O–H groups in total. The zero-order chi connectivity index (χ0) is 21.0. The highest BCUT2D eigenvalue weighted by atomic mass is 35.5. The van der Waals surface area contributed by atoms with Gasteiger partial charge in [-0.15, -0.1) is 0 Å². The number of nitrogens with zero attached hydrogens (tertiary/aromatic N) is 2. The number of benzene rings is 2. The molecular formula is C19H20ClF2N3O3S. The number of carbonyl (C=O) groups excluding carboxylic acids is 1. The van der Waals surface area contributed by atoms with E-state index in [4.69, 9.17) is 11.6 Å². The van der Waals surface area contributed by atoms with Gasteiger partial charge in [0, 0.05) is 37.7 Å². The van der Waals surface area contributed by atoms with Crippen molar-refractivity contribution >= 4 is 27.7 Å². The van der Waals surface area contributed by atoms with Crippen molar-refractivity contribution in [3.63, 3.8) is 0 Å². The number of urea groups is 1. The molecule has 1 heterocycles. The number of sulfonamides is 1. The molecule has 156 valence electrons. The zero-order valence-corrected chi connectivity index (χ0v) is 17.0. The van der Waals surface area contributed by atoms with Crippen LogP contribution in [0.5, 0.6) is 0 Å². The third-order valence-corrected chi connectivity index (χ3v) is 6.81. The highest BCUT2D eigenvalue weighted by Crippen LogP contribution is 2.21. The fourth-order valence-electron chi connectivity index (χ4n) is 3.02. The summed E-state index contributed by atoms with van der Waals surface area (Å²) in [4.78, 5) is 13.1. The molecule has 0 unspecified atom stereocenters. The highest BCUT2D eigenvalue weighted by Gasteiger charge is 2.32. The van der Waals surface area contributed by atoms with Gasteiger partial charge in [-0.1, -0.05) is 23.7 Å². The van der Waals surface area contributed by atoms with E-state index in [1.807, 2.05) is 12.1 Å². The SMILES string of the molecule is O=C(NCCc1ccc(Cl)cc1)N1CCN(S(=O)(=O)c2cc(F)ccc2F)CC1. The molecule has 3 rings (SSSR count). The summed E-state index contributed by atoms with van der Waals surface area (Å²) >= 11 is 5.83. The van der Waals surface area contributed by atoms with Crippen LogP contribution < -0.4 is 5.32 Å². The van der Waals surface area contributed by atoms with E-state index in [2.05, 4.69) is 5.32 Å². The van der Waals surface area contributed by atoms with E-state index in [-0.39, 0.29) is 32.2 Å². The molecule has 29 heavy (non-hydrogen) atoms. The molecule has 2 aromatic carbocycles. The third-order valence-electron chi connectivity index (χ3n) is 4.64. The molecule has 0 radical (unpaired) electrons. The van der Waals surface area contributed by atoms with E-state index < -0.39 is 26.6 Å². The Balaban J connectivity index is 1.52. The first kappa shape index (κ1) is 21.5. The molecule has 0 spiro atoms. The standard InChI is InChI=1S/C19H20ClF2N3O3S/c20-15-3-1-14(2-4-15)7-8-23-19(26)24-9-11-25(12-10-24)29(27,28)18-13-16(21)5-6-17(18)22/h1-6,13H,7-12H2,(H,23,26). The lowest BCUT2D eigenvalue weighted by atomic mass is 10.1. The minimum atomic E-state index is -4.17. The number of hydrogen-bond donors (Lipinski definition) is 1. The Hall–Kier alpha value is -2.23. The van der Waals surface area contributed by atoms with Crippen molar-refractivity contribution in [1.29, 1.82) is 0 Å². The maximum atomic E-state index is 13.9. The molecule has 1 saturated heterocycles. The van der Waals surface area contributed by atoms with Gasteiger partial charge >= 0.3 is 6.03 Å². The predicted octanol–water partition coefficient (Wildman–Crippen LogP) is 2.88. The summed E-state index contributed by atoms with van der Waals surface area (Å²) in [6.07, 6.45) is 0.635. The Morgan fingerprint density at radius 1 is 1.03 bits per heavy atom. The quantitative estimate of drug-likeness (QED) is 0.772. The van der Waals surface area contributed by atoms with E-state index in [0.29, 0.717) is 24.1 Å². The minimum absolute atomic E-state index is 0.00287. The van der Waals surface area contributed by atoms with E-state index in [0.717, 1.165) is 22.0 Å². The third kappa shape index (κ3) is 5.23. The molecule has 1 fully saturated rings. The van der Waals surface area contributed by atoms with Crippen molar-refractivity contribution in [2.45, 2.75) is 11.3 Å². The fourth-order valence-corrected chi connectivity index (χ4v) is 4.65. The second-order valence-electron chi connectivity index (χ2n) is 6.57. The summed E-state index contributed by atoms with van der Waals surface area (Å²) in [5, 5.41) is 3.44. The molecule has 6 nitrogen and oxygen atoms in total. The second kappa shape index (κ2) is 9.06. The van der Waals surface area contributed by atoms with Crippen molar-refractivity contribution in [2.75, 3.05) is 32.7 Å². The lowest BCUT2D eigenvalue weighted by Crippen LogP contribution is -2.53. The van der Waals surface area contributed by atoms with Gasteiger partial charge in [0.05, 0.1) is 0 Å². The van der Waals surface area contributed by atoms with E-state index in [9.17, 15) is 22.0 Å². The van der Waals surface area contributed by atoms with Gasteiger partial charge in [-0.25, -0.2) is 22.0 Å². The molecule has 10 heteroatoms. The first-order chi connectivity index (χ1) is 13.8. The molecule has 1 aliphatic heterocycles. The van der Waals surface area contributed by atoms with Crippen LogP contribution in [0.2, 0.25) is 5.02 Å². The molecule has 0 saturated carbocycles. The van der Waals surface area contributed by atoms with Gasteiger partial charge in [-0.2, -0.15) is 4.31 Å².